The van der Waals surface area contributed by atoms with Crippen LogP contribution in [0.5, 0.6) is 0 Å². The van der Waals surface area contributed by atoms with Crippen molar-refractivity contribution in [2.75, 3.05) is 19.6 Å². The van der Waals surface area contributed by atoms with Crippen LogP contribution in [0.25, 0.3) is 5.69 Å². The molecule has 0 aliphatic carbocycles. The predicted molar refractivity (Wildman–Crippen MR) is 133 cm³/mol. The zero-order chi connectivity index (χ0) is 20.3. The van der Waals surface area contributed by atoms with Crippen molar-refractivity contribution in [3.63, 3.8) is 0 Å². The minimum Gasteiger partial charge on any atom is -0.391 e. The lowest BCUT2D eigenvalue weighted by Gasteiger charge is -2.13. The van der Waals surface area contributed by atoms with Gasteiger partial charge in [0.2, 0.25) is 0 Å². The molecule has 1 atom stereocenters. The molecule has 0 saturated carbocycles. The number of aliphatic hydroxyl groups excluding tert-OH is 1. The van der Waals surface area contributed by atoms with Crippen LogP contribution < -0.4 is 10.6 Å². The van der Waals surface area contributed by atoms with Gasteiger partial charge >= 0.3 is 0 Å². The highest BCUT2D eigenvalue weighted by Gasteiger charge is 2.06. The third-order valence-electron chi connectivity index (χ3n) is 4.53. The fraction of sp³-hybridized carbons (Fsp3) is 0.304. The second-order valence-corrected chi connectivity index (χ2v) is 6.86. The molecule has 30 heavy (non-hydrogen) atoms. The fourth-order valence-electron chi connectivity index (χ4n) is 3.05. The lowest BCUT2D eigenvalue weighted by molar-refractivity contribution is 0.183. The maximum absolute atomic E-state index is 10.3. The first-order chi connectivity index (χ1) is 14.2. The lowest BCUT2D eigenvalue weighted by atomic mass is 10.1. The van der Waals surface area contributed by atoms with Gasteiger partial charge in [-0.2, -0.15) is 5.10 Å². The van der Waals surface area contributed by atoms with Crippen LogP contribution in [0.4, 0.5) is 0 Å². The van der Waals surface area contributed by atoms with E-state index in [0.717, 1.165) is 36.7 Å². The Hall–Kier alpha value is -2.39. The Labute approximate surface area is 195 Å². The third-order valence-corrected chi connectivity index (χ3v) is 4.53. The highest BCUT2D eigenvalue weighted by Crippen LogP contribution is 2.09. The van der Waals surface area contributed by atoms with E-state index in [1.807, 2.05) is 54.2 Å². The standard InChI is InChI=1S/C23H29N5O.HI/c1-2-24-23(26-18-22(29)17-20-7-4-3-5-8-20)25-15-13-19-9-11-21(12-10-19)28-16-6-14-27-28;/h3-12,14,16,22,29H,2,13,15,17-18H2,1H3,(H2,24,25,26);1H. The van der Waals surface area contributed by atoms with Crippen molar-refractivity contribution in [1.82, 2.24) is 20.4 Å². The largest absolute Gasteiger partial charge is 0.391 e. The molecular weight excluding hydrogens is 489 g/mol. The summed E-state index contributed by atoms with van der Waals surface area (Å²) in [6.07, 6.45) is 4.70. The Balaban J connectivity index is 0.00000320. The summed E-state index contributed by atoms with van der Waals surface area (Å²) >= 11 is 0. The molecule has 0 bridgehead atoms. The number of aromatic nitrogens is 2. The molecule has 6 nitrogen and oxygen atoms in total. The number of nitrogens with zero attached hydrogens (tertiary/aromatic N) is 3. The number of hydrogen-bond acceptors (Lipinski definition) is 3. The van der Waals surface area contributed by atoms with Gasteiger partial charge in [0.15, 0.2) is 5.96 Å². The molecule has 0 amide bonds. The van der Waals surface area contributed by atoms with Crippen LogP contribution in [-0.2, 0) is 12.8 Å². The third kappa shape index (κ3) is 7.79. The molecule has 3 N–H and O–H groups in total. The summed E-state index contributed by atoms with van der Waals surface area (Å²) in [5.74, 6) is 0.729. The highest BCUT2D eigenvalue weighted by molar-refractivity contribution is 14.0. The average molecular weight is 519 g/mol. The number of benzene rings is 2. The quantitative estimate of drug-likeness (QED) is 0.231. The number of nitrogens with one attached hydrogen (secondary N) is 2. The SMILES string of the molecule is CCNC(=NCC(O)Cc1ccccc1)NCCc1ccc(-n2cccn2)cc1.I. The van der Waals surface area contributed by atoms with Crippen molar-refractivity contribution in [3.8, 4) is 5.69 Å². The molecule has 0 radical (unpaired) electrons. The van der Waals surface area contributed by atoms with E-state index in [1.54, 1.807) is 6.20 Å². The van der Waals surface area contributed by atoms with Crippen LogP contribution in [0.3, 0.4) is 0 Å². The maximum Gasteiger partial charge on any atom is 0.191 e. The number of guanidine groups is 1. The Morgan fingerprint density at radius 1 is 1.03 bits per heavy atom. The number of rotatable bonds is 9. The Morgan fingerprint density at radius 3 is 2.47 bits per heavy atom. The second-order valence-electron chi connectivity index (χ2n) is 6.86. The minimum atomic E-state index is -0.498. The molecule has 0 fully saturated rings. The van der Waals surface area contributed by atoms with Crippen LogP contribution in [0.1, 0.15) is 18.1 Å². The minimum absolute atomic E-state index is 0. The molecular formula is C23H30IN5O. The zero-order valence-corrected chi connectivity index (χ0v) is 19.6. The van der Waals surface area contributed by atoms with E-state index in [1.165, 1.54) is 5.56 Å². The summed E-state index contributed by atoms with van der Waals surface area (Å²) in [5.41, 5.74) is 3.41. The first kappa shape index (κ1) is 23.9. The van der Waals surface area contributed by atoms with Gasteiger partial charge < -0.3 is 15.7 Å². The first-order valence-electron chi connectivity index (χ1n) is 10.1. The van der Waals surface area contributed by atoms with Gasteiger partial charge in [-0.3, -0.25) is 4.99 Å². The van der Waals surface area contributed by atoms with E-state index >= 15 is 0 Å². The van der Waals surface area contributed by atoms with Gasteiger partial charge in [0.05, 0.1) is 18.3 Å². The van der Waals surface area contributed by atoms with Crippen LogP contribution >= 0.6 is 24.0 Å². The Kier molecular flexibility index (Phi) is 10.4. The van der Waals surface area contributed by atoms with Gasteiger partial charge in [0, 0.05) is 31.9 Å². The van der Waals surface area contributed by atoms with E-state index in [2.05, 4.69) is 45.0 Å². The van der Waals surface area contributed by atoms with Crippen LogP contribution in [-0.4, -0.2) is 46.6 Å². The molecule has 0 aliphatic rings. The van der Waals surface area contributed by atoms with E-state index in [9.17, 15) is 5.11 Å². The predicted octanol–water partition coefficient (Wildman–Crippen LogP) is 3.19. The van der Waals surface area contributed by atoms with Crippen LogP contribution in [0.2, 0.25) is 0 Å². The summed E-state index contributed by atoms with van der Waals surface area (Å²) < 4.78 is 1.85. The molecule has 2 aromatic carbocycles. The fourth-order valence-corrected chi connectivity index (χ4v) is 3.05. The van der Waals surface area contributed by atoms with Gasteiger partial charge in [-0.05, 0) is 42.7 Å². The average Bonchev–Trinajstić information content (AvgIpc) is 3.28. The Bertz CT molecular complexity index is 866. The molecule has 1 aromatic heterocycles. The van der Waals surface area contributed by atoms with Gasteiger partial charge in [0.25, 0.3) is 0 Å². The molecule has 7 heteroatoms. The van der Waals surface area contributed by atoms with Crippen molar-refractivity contribution in [1.29, 1.82) is 0 Å². The van der Waals surface area contributed by atoms with Gasteiger partial charge in [0.1, 0.15) is 0 Å². The first-order valence-corrected chi connectivity index (χ1v) is 10.1. The number of aliphatic imine (C=N–C) groups is 1. The van der Waals surface area contributed by atoms with Crippen molar-refractivity contribution >= 4 is 29.9 Å². The molecule has 0 saturated heterocycles. The molecule has 1 unspecified atom stereocenters. The van der Waals surface area contributed by atoms with Crippen LogP contribution in [0, 0.1) is 0 Å². The summed E-state index contributed by atoms with van der Waals surface area (Å²) in [7, 11) is 0. The lowest BCUT2D eigenvalue weighted by Crippen LogP contribution is -2.39. The molecule has 3 rings (SSSR count). The maximum atomic E-state index is 10.3. The number of halogens is 1. The summed E-state index contributed by atoms with van der Waals surface area (Å²) in [5, 5.41) is 21.1. The van der Waals surface area contributed by atoms with E-state index in [4.69, 9.17) is 0 Å². The molecule has 1 heterocycles. The van der Waals surface area contributed by atoms with E-state index < -0.39 is 6.10 Å². The highest BCUT2D eigenvalue weighted by atomic mass is 127. The molecule has 3 aromatic rings. The summed E-state index contributed by atoms with van der Waals surface area (Å²) in [6, 6.07) is 20.3. The topological polar surface area (TPSA) is 74.5 Å². The smallest absolute Gasteiger partial charge is 0.191 e. The summed E-state index contributed by atoms with van der Waals surface area (Å²) in [4.78, 5) is 4.52. The molecule has 0 spiro atoms. The summed E-state index contributed by atoms with van der Waals surface area (Å²) in [6.45, 7) is 3.94. The number of hydrogen-bond donors (Lipinski definition) is 3. The van der Waals surface area contributed by atoms with Crippen molar-refractivity contribution in [3.05, 3.63) is 84.2 Å². The Morgan fingerprint density at radius 2 is 1.80 bits per heavy atom. The molecule has 160 valence electrons. The van der Waals surface area contributed by atoms with Crippen LogP contribution in [0.15, 0.2) is 78.0 Å². The van der Waals surface area contributed by atoms with Gasteiger partial charge in [-0.15, -0.1) is 24.0 Å². The second kappa shape index (κ2) is 13.0. The normalized spacial score (nSPS) is 12.1. The van der Waals surface area contributed by atoms with Gasteiger partial charge in [-0.1, -0.05) is 42.5 Å². The van der Waals surface area contributed by atoms with Gasteiger partial charge in [-0.25, -0.2) is 4.68 Å². The molecule has 0 aliphatic heterocycles. The monoisotopic (exact) mass is 519 g/mol. The zero-order valence-electron chi connectivity index (χ0n) is 17.2. The number of aliphatic hydroxyl groups is 1. The van der Waals surface area contributed by atoms with E-state index in [0.29, 0.717) is 13.0 Å². The van der Waals surface area contributed by atoms with Crippen molar-refractivity contribution in [2.45, 2.75) is 25.9 Å². The van der Waals surface area contributed by atoms with E-state index in [-0.39, 0.29) is 24.0 Å². The van der Waals surface area contributed by atoms with Crippen molar-refractivity contribution in [2.24, 2.45) is 4.99 Å². The van der Waals surface area contributed by atoms with Crippen molar-refractivity contribution < 1.29 is 5.11 Å².